The first kappa shape index (κ1) is 25.9. The lowest BCUT2D eigenvalue weighted by Crippen LogP contribution is -2.39. The fourth-order valence-corrected chi connectivity index (χ4v) is 6.08. The smallest absolute Gasteiger partial charge is 0.405 e. The van der Waals surface area contributed by atoms with E-state index in [1.165, 1.54) is 12.1 Å². The Hall–Kier alpha value is -2.16. The fourth-order valence-electron chi connectivity index (χ4n) is 4.63. The molecule has 0 fully saturated rings. The van der Waals surface area contributed by atoms with Crippen LogP contribution in [0.2, 0.25) is 15.1 Å². The molecule has 0 bridgehead atoms. The van der Waals surface area contributed by atoms with Crippen LogP contribution in [0.4, 0.5) is 5.69 Å². The Balaban J connectivity index is 1.79. The van der Waals surface area contributed by atoms with Crippen molar-refractivity contribution in [1.82, 2.24) is 0 Å². The van der Waals surface area contributed by atoms with Gasteiger partial charge in [0.15, 0.2) is 5.75 Å². The van der Waals surface area contributed by atoms with Crippen LogP contribution in [0.5, 0.6) is 5.75 Å². The third-order valence-corrected chi connectivity index (χ3v) is 7.63. The molecule has 0 amide bonds. The van der Waals surface area contributed by atoms with E-state index < -0.39 is 27.3 Å². The molecule has 6 nitrogen and oxygen atoms in total. The van der Waals surface area contributed by atoms with Gasteiger partial charge in [-0.3, -0.25) is 0 Å². The van der Waals surface area contributed by atoms with E-state index in [0.29, 0.717) is 23.7 Å². The summed E-state index contributed by atoms with van der Waals surface area (Å²) in [5.74, 6) is -1.10. The zero-order valence-electron chi connectivity index (χ0n) is 19.0. The van der Waals surface area contributed by atoms with Crippen molar-refractivity contribution >= 4 is 73.1 Å². The molecule has 0 saturated carbocycles. The SMILES string of the molecule is CC1(C)C(C(=O)Oc2c(Cl)cc(Cl)cc2Cl)=[N+](CCCCS(=O)(=O)[O-])c2ccc3ccccc3c21. The molecule has 4 rings (SSSR count). The van der Waals surface area contributed by atoms with Gasteiger partial charge < -0.3 is 9.29 Å². The van der Waals surface area contributed by atoms with Gasteiger partial charge in [0.25, 0.3) is 5.71 Å². The summed E-state index contributed by atoms with van der Waals surface area (Å²) in [5.41, 5.74) is 1.37. The van der Waals surface area contributed by atoms with E-state index >= 15 is 0 Å². The Kier molecular flexibility index (Phi) is 7.19. The molecule has 1 heterocycles. The molecular weight excluding hydrogens is 533 g/mol. The van der Waals surface area contributed by atoms with Crippen molar-refractivity contribution in [3.8, 4) is 5.75 Å². The molecule has 1 aliphatic rings. The van der Waals surface area contributed by atoms with Gasteiger partial charge in [-0.1, -0.05) is 59.1 Å². The second-order valence-electron chi connectivity index (χ2n) is 8.86. The number of carbonyl (C=O) groups excluding carboxylic acids is 1. The van der Waals surface area contributed by atoms with Crippen molar-refractivity contribution in [3.05, 3.63) is 69.2 Å². The van der Waals surface area contributed by atoms with Crippen LogP contribution in [0, 0.1) is 0 Å². The van der Waals surface area contributed by atoms with Gasteiger partial charge in [-0.25, -0.2) is 13.2 Å². The third kappa shape index (κ3) is 5.20. The second kappa shape index (κ2) is 9.71. The minimum Gasteiger partial charge on any atom is -0.748 e. The van der Waals surface area contributed by atoms with Gasteiger partial charge in [0.05, 0.1) is 25.6 Å². The number of carbonyl (C=O) groups is 1. The Labute approximate surface area is 218 Å². The first-order valence-electron chi connectivity index (χ1n) is 10.9. The van der Waals surface area contributed by atoms with Gasteiger partial charge in [-0.05, 0) is 49.2 Å². The molecule has 0 aliphatic carbocycles. The van der Waals surface area contributed by atoms with Crippen molar-refractivity contribution < 1.29 is 27.1 Å². The zero-order valence-corrected chi connectivity index (χ0v) is 22.1. The van der Waals surface area contributed by atoms with Crippen LogP contribution < -0.4 is 4.74 Å². The van der Waals surface area contributed by atoms with Gasteiger partial charge in [-0.2, -0.15) is 4.58 Å². The van der Waals surface area contributed by atoms with E-state index in [-0.39, 0.29) is 22.2 Å². The first-order chi connectivity index (χ1) is 16.4. The molecule has 184 valence electrons. The molecular formula is C25H22Cl3NO5S. The molecule has 0 spiro atoms. The highest BCUT2D eigenvalue weighted by molar-refractivity contribution is 7.85. The van der Waals surface area contributed by atoms with Gasteiger partial charge in [0.1, 0.15) is 6.54 Å². The van der Waals surface area contributed by atoms with E-state index in [1.807, 2.05) is 54.8 Å². The van der Waals surface area contributed by atoms with Crippen LogP contribution >= 0.6 is 34.8 Å². The summed E-state index contributed by atoms with van der Waals surface area (Å²) in [6.45, 7) is 4.18. The van der Waals surface area contributed by atoms with Crippen LogP contribution in [-0.2, 0) is 20.3 Å². The normalized spacial score (nSPS) is 14.9. The Morgan fingerprint density at radius 2 is 1.69 bits per heavy atom. The molecule has 3 aromatic rings. The van der Waals surface area contributed by atoms with Gasteiger partial charge in [-0.15, -0.1) is 0 Å². The van der Waals surface area contributed by atoms with Crippen LogP contribution in [-0.4, -0.2) is 41.5 Å². The lowest BCUT2D eigenvalue weighted by atomic mass is 9.79. The average Bonchev–Trinajstić information content (AvgIpc) is 2.99. The summed E-state index contributed by atoms with van der Waals surface area (Å²) in [5, 5.41) is 2.52. The molecule has 0 unspecified atom stereocenters. The van der Waals surface area contributed by atoms with E-state index in [1.54, 1.807) is 0 Å². The standard InChI is InChI=1S/C25H22Cl3NO5S/c1-25(2)21-17-8-4-3-7-15(17)9-10-20(21)29(11-5-6-12-35(31,32)33)23(25)24(30)34-22-18(27)13-16(26)14-19(22)28/h3-4,7-10,13-14H,5-6,11-12H2,1-2H3. The van der Waals surface area contributed by atoms with Crippen LogP contribution in [0.1, 0.15) is 32.3 Å². The van der Waals surface area contributed by atoms with Crippen molar-refractivity contribution in [2.45, 2.75) is 32.1 Å². The molecule has 10 heteroatoms. The van der Waals surface area contributed by atoms with E-state index in [9.17, 15) is 17.8 Å². The molecule has 0 saturated heterocycles. The number of esters is 1. The number of fused-ring (bicyclic) bond motifs is 3. The number of benzene rings is 3. The van der Waals surface area contributed by atoms with Gasteiger partial charge >= 0.3 is 5.97 Å². The summed E-state index contributed by atoms with van der Waals surface area (Å²) in [7, 11) is -4.32. The van der Waals surface area contributed by atoms with Crippen LogP contribution in [0.3, 0.4) is 0 Å². The largest absolute Gasteiger partial charge is 0.748 e. The Morgan fingerprint density at radius 1 is 1.03 bits per heavy atom. The van der Waals surface area contributed by atoms with Crippen molar-refractivity contribution in [3.63, 3.8) is 0 Å². The van der Waals surface area contributed by atoms with E-state index in [4.69, 9.17) is 39.5 Å². The number of rotatable bonds is 7. The zero-order chi connectivity index (χ0) is 25.5. The predicted octanol–water partition coefficient (Wildman–Crippen LogP) is 6.11. The fraction of sp³-hybridized carbons (Fsp3) is 0.280. The van der Waals surface area contributed by atoms with Crippen LogP contribution in [0.15, 0.2) is 48.5 Å². The molecule has 3 aromatic carbocycles. The number of hydrogen-bond acceptors (Lipinski definition) is 5. The summed E-state index contributed by atoms with van der Waals surface area (Å²) in [4.78, 5) is 13.6. The van der Waals surface area contributed by atoms with Crippen molar-refractivity contribution in [2.24, 2.45) is 0 Å². The van der Waals surface area contributed by atoms with Gasteiger partial charge in [0, 0.05) is 28.8 Å². The number of hydrogen-bond donors (Lipinski definition) is 0. The number of ether oxygens (including phenoxy) is 1. The summed E-state index contributed by atoms with van der Waals surface area (Å²) < 4.78 is 40.7. The highest BCUT2D eigenvalue weighted by atomic mass is 35.5. The van der Waals surface area contributed by atoms with Crippen molar-refractivity contribution in [2.75, 3.05) is 12.3 Å². The monoisotopic (exact) mass is 553 g/mol. The molecule has 1 aliphatic heterocycles. The summed E-state index contributed by atoms with van der Waals surface area (Å²) >= 11 is 18.5. The van der Waals surface area contributed by atoms with E-state index in [0.717, 1.165) is 22.0 Å². The van der Waals surface area contributed by atoms with Gasteiger partial charge in [0.2, 0.25) is 5.69 Å². The maximum atomic E-state index is 13.6. The van der Waals surface area contributed by atoms with Crippen molar-refractivity contribution in [1.29, 1.82) is 0 Å². The molecule has 35 heavy (non-hydrogen) atoms. The maximum Gasteiger partial charge on any atom is 0.405 e. The number of nitrogens with zero attached hydrogens (tertiary/aromatic N) is 1. The van der Waals surface area contributed by atoms with E-state index in [2.05, 4.69) is 0 Å². The summed E-state index contributed by atoms with van der Waals surface area (Å²) in [6, 6.07) is 14.7. The molecule has 0 N–H and O–H groups in total. The topological polar surface area (TPSA) is 86.5 Å². The third-order valence-electron chi connectivity index (χ3n) is 6.06. The maximum absolute atomic E-state index is 13.6. The highest BCUT2D eigenvalue weighted by Gasteiger charge is 2.51. The second-order valence-corrected chi connectivity index (χ2v) is 11.6. The lowest BCUT2D eigenvalue weighted by Gasteiger charge is -2.18. The number of unbranched alkanes of at least 4 members (excludes halogenated alkanes) is 1. The highest BCUT2D eigenvalue weighted by Crippen LogP contribution is 2.45. The minimum atomic E-state index is -4.32. The molecule has 0 aromatic heterocycles. The Bertz CT molecular complexity index is 1460. The molecule has 0 radical (unpaired) electrons. The summed E-state index contributed by atoms with van der Waals surface area (Å²) in [6.07, 6.45) is 0.548. The Morgan fingerprint density at radius 3 is 2.34 bits per heavy atom. The predicted molar refractivity (Wildman–Crippen MR) is 138 cm³/mol. The quantitative estimate of drug-likeness (QED) is 0.116. The van der Waals surface area contributed by atoms with Crippen LogP contribution in [0.25, 0.3) is 10.8 Å². The average molecular weight is 555 g/mol. The lowest BCUT2D eigenvalue weighted by molar-refractivity contribution is -0.438. The minimum absolute atomic E-state index is 0.00393. The number of halogens is 3. The molecule has 0 atom stereocenters. The first-order valence-corrected chi connectivity index (χ1v) is 13.6.